The van der Waals surface area contributed by atoms with Crippen molar-refractivity contribution in [2.24, 2.45) is 0 Å². The van der Waals surface area contributed by atoms with Gasteiger partial charge in [-0.3, -0.25) is 5.32 Å². The zero-order valence-corrected chi connectivity index (χ0v) is 9.59. The molecule has 0 aliphatic rings. The van der Waals surface area contributed by atoms with Gasteiger partial charge in [0.25, 0.3) is 0 Å². The van der Waals surface area contributed by atoms with E-state index in [1.54, 1.807) is 5.32 Å². The van der Waals surface area contributed by atoms with Gasteiger partial charge in [-0.15, -0.1) is 0 Å². The van der Waals surface area contributed by atoms with Gasteiger partial charge in [0.1, 0.15) is 0 Å². The van der Waals surface area contributed by atoms with Crippen LogP contribution >= 0.6 is 0 Å². The minimum absolute atomic E-state index is 0.0388. The van der Waals surface area contributed by atoms with E-state index in [0.717, 1.165) is 7.05 Å². The van der Waals surface area contributed by atoms with E-state index in [1.165, 1.54) is 0 Å². The summed E-state index contributed by atoms with van der Waals surface area (Å²) in [5, 5.41) is 1.56. The molecule has 0 rings (SSSR count). The third-order valence-electron chi connectivity index (χ3n) is 2.39. The first-order valence-electron chi connectivity index (χ1n) is 5.46. The molecule has 0 aromatic heterocycles. The lowest BCUT2D eigenvalue weighted by molar-refractivity contribution is -0.135. The molecule has 1 unspecified atom stereocenters. The molecule has 0 fully saturated rings. The zero-order valence-electron chi connectivity index (χ0n) is 9.59. The Kier molecular flexibility index (Phi) is 6.89. The molecule has 0 saturated heterocycles. The zero-order chi connectivity index (χ0) is 13.5. The molecular formula is C10H17F6N. The number of nitrogens with one attached hydrogen (secondary N) is 1. The van der Waals surface area contributed by atoms with Crippen LogP contribution in [0, 0.1) is 0 Å². The first-order chi connectivity index (χ1) is 7.69. The maximum Gasteiger partial charge on any atom is 0.389 e. The maximum absolute atomic E-state index is 12.9. The summed E-state index contributed by atoms with van der Waals surface area (Å²) in [6.45, 7) is 0. The Morgan fingerprint density at radius 2 is 1.47 bits per heavy atom. The summed E-state index contributed by atoms with van der Waals surface area (Å²) in [7, 11) is 0.954. The molecule has 0 amide bonds. The van der Waals surface area contributed by atoms with Gasteiger partial charge >= 0.3 is 12.2 Å². The fourth-order valence-corrected chi connectivity index (χ4v) is 1.34. The van der Waals surface area contributed by atoms with E-state index in [4.69, 9.17) is 0 Å². The van der Waals surface area contributed by atoms with Crippen molar-refractivity contribution in [3.63, 3.8) is 0 Å². The van der Waals surface area contributed by atoms with E-state index in [0.29, 0.717) is 6.42 Å². The Labute approximate surface area is 96.6 Å². The molecule has 17 heavy (non-hydrogen) atoms. The van der Waals surface area contributed by atoms with Crippen LogP contribution in [0.25, 0.3) is 0 Å². The second-order valence-electron chi connectivity index (χ2n) is 3.91. The first kappa shape index (κ1) is 16.5. The number of hydrogen-bond acceptors (Lipinski definition) is 1. The van der Waals surface area contributed by atoms with Crippen LogP contribution in [0.1, 0.15) is 38.5 Å². The van der Waals surface area contributed by atoms with Crippen LogP contribution < -0.4 is 5.32 Å². The van der Waals surface area contributed by atoms with Crippen molar-refractivity contribution in [1.29, 1.82) is 0 Å². The highest BCUT2D eigenvalue weighted by Crippen LogP contribution is 2.25. The largest absolute Gasteiger partial charge is 0.389 e. The van der Waals surface area contributed by atoms with Crippen LogP contribution in [0.3, 0.4) is 0 Å². The molecule has 0 saturated carbocycles. The number of rotatable bonds is 8. The predicted molar refractivity (Wildman–Crippen MR) is 52.7 cm³/mol. The molecule has 0 radical (unpaired) electrons. The Morgan fingerprint density at radius 3 is 1.94 bits per heavy atom. The van der Waals surface area contributed by atoms with Gasteiger partial charge in [-0.25, -0.2) is 4.39 Å². The molecule has 0 spiro atoms. The van der Waals surface area contributed by atoms with Gasteiger partial charge in [0.15, 0.2) is 6.17 Å². The van der Waals surface area contributed by atoms with E-state index in [-0.39, 0.29) is 25.7 Å². The highest BCUT2D eigenvalue weighted by atomic mass is 19.4. The number of hydrogen-bond donors (Lipinski definition) is 1. The molecule has 1 atom stereocenters. The van der Waals surface area contributed by atoms with Gasteiger partial charge in [0.2, 0.25) is 0 Å². The first-order valence-corrected chi connectivity index (χ1v) is 5.46. The SMILES string of the molecule is CNC(F)(F)C(F)CCCCCCC(F)(F)F. The lowest BCUT2D eigenvalue weighted by Crippen LogP contribution is -2.42. The molecule has 0 aliphatic heterocycles. The molecule has 0 aromatic carbocycles. The molecule has 7 heteroatoms. The van der Waals surface area contributed by atoms with Crippen LogP contribution in [0.15, 0.2) is 0 Å². The van der Waals surface area contributed by atoms with Gasteiger partial charge in [0.05, 0.1) is 0 Å². The Bertz CT molecular complexity index is 203. The third-order valence-corrected chi connectivity index (χ3v) is 2.39. The van der Waals surface area contributed by atoms with Crippen molar-refractivity contribution >= 4 is 0 Å². The lowest BCUT2D eigenvalue weighted by atomic mass is 10.1. The summed E-state index contributed by atoms with van der Waals surface area (Å²) in [6.07, 6.45) is -6.97. The Balaban J connectivity index is 3.53. The van der Waals surface area contributed by atoms with Crippen molar-refractivity contribution in [2.75, 3.05) is 7.05 Å². The molecule has 0 bridgehead atoms. The van der Waals surface area contributed by atoms with Gasteiger partial charge in [-0.05, 0) is 19.9 Å². The lowest BCUT2D eigenvalue weighted by Gasteiger charge is -2.19. The van der Waals surface area contributed by atoms with Crippen LogP contribution in [0.4, 0.5) is 26.3 Å². The molecule has 1 N–H and O–H groups in total. The quantitative estimate of drug-likeness (QED) is 0.397. The Hall–Kier alpha value is -0.460. The molecule has 1 nitrogen and oxygen atoms in total. The van der Waals surface area contributed by atoms with E-state index in [9.17, 15) is 26.3 Å². The van der Waals surface area contributed by atoms with Gasteiger partial charge in [-0.2, -0.15) is 22.0 Å². The van der Waals surface area contributed by atoms with Crippen LogP contribution in [0.5, 0.6) is 0 Å². The van der Waals surface area contributed by atoms with Crippen LogP contribution in [-0.2, 0) is 0 Å². The molecule has 0 aliphatic carbocycles. The van der Waals surface area contributed by atoms with Crippen molar-refractivity contribution in [3.05, 3.63) is 0 Å². The Morgan fingerprint density at radius 1 is 0.941 bits per heavy atom. The third kappa shape index (κ3) is 8.29. The summed E-state index contributed by atoms with van der Waals surface area (Å²) in [6, 6.07) is -3.56. The number of halogens is 6. The van der Waals surface area contributed by atoms with Gasteiger partial charge < -0.3 is 0 Å². The highest BCUT2D eigenvalue weighted by molar-refractivity contribution is 4.72. The van der Waals surface area contributed by atoms with E-state index < -0.39 is 24.8 Å². The molecular weight excluding hydrogens is 248 g/mol. The average molecular weight is 265 g/mol. The highest BCUT2D eigenvalue weighted by Gasteiger charge is 2.37. The van der Waals surface area contributed by atoms with E-state index in [1.807, 2.05) is 0 Å². The van der Waals surface area contributed by atoms with Crippen LogP contribution in [-0.4, -0.2) is 25.4 Å². The van der Waals surface area contributed by atoms with E-state index in [2.05, 4.69) is 0 Å². The fourth-order valence-electron chi connectivity index (χ4n) is 1.34. The summed E-state index contributed by atoms with van der Waals surface area (Å²) in [4.78, 5) is 0. The molecule has 104 valence electrons. The standard InChI is InChI=1S/C10H17F6N/c1-17-10(15,16)8(11)6-4-2-3-5-7-9(12,13)14/h8,17H,2-7H2,1H3. The van der Waals surface area contributed by atoms with Crippen molar-refractivity contribution in [3.8, 4) is 0 Å². The predicted octanol–water partition coefficient (Wildman–Crippen LogP) is 4.04. The summed E-state index contributed by atoms with van der Waals surface area (Å²) < 4.78 is 73.4. The summed E-state index contributed by atoms with van der Waals surface area (Å²) in [5.74, 6) is 0. The second kappa shape index (κ2) is 7.08. The smallest absolute Gasteiger partial charge is 0.259 e. The van der Waals surface area contributed by atoms with Crippen molar-refractivity contribution in [1.82, 2.24) is 5.32 Å². The molecule has 0 heterocycles. The minimum Gasteiger partial charge on any atom is -0.259 e. The maximum atomic E-state index is 12.9. The minimum atomic E-state index is -4.18. The molecule has 0 aromatic rings. The number of alkyl halides is 6. The summed E-state index contributed by atoms with van der Waals surface area (Å²) in [5.41, 5.74) is 0. The fraction of sp³-hybridized carbons (Fsp3) is 1.00. The second-order valence-corrected chi connectivity index (χ2v) is 3.91. The van der Waals surface area contributed by atoms with Crippen LogP contribution in [0.2, 0.25) is 0 Å². The summed E-state index contributed by atoms with van der Waals surface area (Å²) >= 11 is 0. The van der Waals surface area contributed by atoms with Gasteiger partial charge in [0, 0.05) is 6.42 Å². The van der Waals surface area contributed by atoms with E-state index >= 15 is 0 Å². The van der Waals surface area contributed by atoms with Crippen molar-refractivity contribution < 1.29 is 26.3 Å². The van der Waals surface area contributed by atoms with Gasteiger partial charge in [-0.1, -0.05) is 19.3 Å². The number of unbranched alkanes of at least 4 members (excludes halogenated alkanes) is 3. The average Bonchev–Trinajstić information content (AvgIpc) is 2.21. The van der Waals surface area contributed by atoms with Crippen molar-refractivity contribution in [2.45, 2.75) is 56.9 Å². The normalized spacial score (nSPS) is 15.0. The monoisotopic (exact) mass is 265 g/mol. The topological polar surface area (TPSA) is 12.0 Å².